The highest BCUT2D eigenvalue weighted by molar-refractivity contribution is 5.98. The lowest BCUT2D eigenvalue weighted by molar-refractivity contribution is -0.119. The van der Waals surface area contributed by atoms with E-state index in [0.717, 1.165) is 35.0 Å². The Bertz CT molecular complexity index is 1020. The molecule has 0 aliphatic rings. The number of fused-ring (bicyclic) bond motifs is 1. The number of rotatable bonds is 9. The summed E-state index contributed by atoms with van der Waals surface area (Å²) < 4.78 is 16.4. The van der Waals surface area contributed by atoms with E-state index in [9.17, 15) is 9.59 Å². The Morgan fingerprint density at radius 1 is 0.967 bits per heavy atom. The van der Waals surface area contributed by atoms with Crippen LogP contribution >= 0.6 is 0 Å². The molecule has 0 aliphatic carbocycles. The average Bonchev–Trinajstić information content (AvgIpc) is 3.14. The van der Waals surface area contributed by atoms with E-state index in [0.29, 0.717) is 17.8 Å². The topological polar surface area (TPSA) is 77.8 Å². The molecule has 1 aromatic heterocycles. The normalized spacial score (nSPS) is 10.9. The van der Waals surface area contributed by atoms with Gasteiger partial charge >= 0.3 is 5.97 Å². The van der Waals surface area contributed by atoms with E-state index in [1.807, 2.05) is 57.2 Å². The minimum absolute atomic E-state index is 0.0701. The second-order valence-electron chi connectivity index (χ2n) is 6.83. The fourth-order valence-electron chi connectivity index (χ4n) is 3.39. The van der Waals surface area contributed by atoms with Crippen LogP contribution in [0, 0.1) is 0 Å². The Morgan fingerprint density at radius 3 is 2.33 bits per heavy atom. The van der Waals surface area contributed by atoms with Gasteiger partial charge in [0.15, 0.2) is 6.61 Å². The minimum atomic E-state index is -0.685. The molecule has 1 N–H and O–H groups in total. The van der Waals surface area contributed by atoms with Crippen LogP contribution in [0.4, 0.5) is 5.69 Å². The Kier molecular flexibility index (Phi) is 7.25. The van der Waals surface area contributed by atoms with E-state index in [-0.39, 0.29) is 18.3 Å². The third-order valence-electron chi connectivity index (χ3n) is 4.93. The molecule has 3 aromatic rings. The maximum atomic E-state index is 12.6. The number of anilines is 1. The summed E-state index contributed by atoms with van der Waals surface area (Å²) in [6.45, 7) is 6.28. The van der Waals surface area contributed by atoms with Crippen LogP contribution in [0.5, 0.6) is 0 Å². The molecule has 30 heavy (non-hydrogen) atoms. The van der Waals surface area contributed by atoms with E-state index in [4.69, 9.17) is 13.9 Å². The summed E-state index contributed by atoms with van der Waals surface area (Å²) in [6.07, 6.45) is 1.59. The molecule has 0 atom stereocenters. The second kappa shape index (κ2) is 10.1. The van der Waals surface area contributed by atoms with E-state index in [2.05, 4.69) is 5.32 Å². The van der Waals surface area contributed by atoms with Crippen molar-refractivity contribution in [1.29, 1.82) is 0 Å². The van der Waals surface area contributed by atoms with Crippen molar-refractivity contribution in [3.8, 4) is 0 Å². The molecule has 0 aliphatic heterocycles. The number of aryl methyl sites for hydroxylation is 2. The third kappa shape index (κ3) is 4.71. The molecule has 2 aromatic carbocycles. The molecule has 1 amide bonds. The predicted molar refractivity (Wildman–Crippen MR) is 116 cm³/mol. The predicted octanol–water partition coefficient (Wildman–Crippen LogP) is 4.89. The van der Waals surface area contributed by atoms with Crippen LogP contribution in [0.15, 0.2) is 46.9 Å². The van der Waals surface area contributed by atoms with E-state index < -0.39 is 12.6 Å². The maximum Gasteiger partial charge on any atom is 0.375 e. The fraction of sp³-hybridized carbons (Fsp3) is 0.333. The summed E-state index contributed by atoms with van der Waals surface area (Å²) in [4.78, 5) is 25.1. The van der Waals surface area contributed by atoms with E-state index in [1.165, 1.54) is 0 Å². The van der Waals surface area contributed by atoms with Crippen LogP contribution in [0.3, 0.4) is 0 Å². The van der Waals surface area contributed by atoms with Gasteiger partial charge in [-0.15, -0.1) is 0 Å². The molecule has 158 valence electrons. The van der Waals surface area contributed by atoms with Crippen molar-refractivity contribution in [2.75, 3.05) is 18.5 Å². The van der Waals surface area contributed by atoms with Crippen LogP contribution in [-0.4, -0.2) is 25.1 Å². The monoisotopic (exact) mass is 409 g/mol. The number of esters is 1. The number of para-hydroxylation sites is 2. The third-order valence-corrected chi connectivity index (χ3v) is 4.93. The van der Waals surface area contributed by atoms with Crippen molar-refractivity contribution >= 4 is 28.5 Å². The second-order valence-corrected chi connectivity index (χ2v) is 6.83. The van der Waals surface area contributed by atoms with Gasteiger partial charge in [0, 0.05) is 23.2 Å². The highest BCUT2D eigenvalue weighted by atomic mass is 16.5. The van der Waals surface area contributed by atoms with Gasteiger partial charge in [-0.2, -0.15) is 0 Å². The number of ether oxygens (including phenoxy) is 2. The standard InChI is InChI=1S/C24H27NO5/c1-4-16-10-9-11-17(5-2)22(16)25-21(26)15-29-24(27)23-19(14-28-6-3)18-12-7-8-13-20(18)30-23/h7-13H,4-6,14-15H2,1-3H3,(H,25,26). The van der Waals surface area contributed by atoms with Crippen LogP contribution in [-0.2, 0) is 33.7 Å². The first-order valence-electron chi connectivity index (χ1n) is 10.2. The molecule has 0 bridgehead atoms. The van der Waals surface area contributed by atoms with E-state index >= 15 is 0 Å². The van der Waals surface area contributed by atoms with Gasteiger partial charge in [-0.05, 0) is 37.0 Å². The lowest BCUT2D eigenvalue weighted by Gasteiger charge is -2.14. The molecule has 0 saturated carbocycles. The van der Waals surface area contributed by atoms with Gasteiger partial charge < -0.3 is 19.2 Å². The molecule has 0 saturated heterocycles. The first kappa shape index (κ1) is 21.6. The first-order chi connectivity index (χ1) is 14.6. The maximum absolute atomic E-state index is 12.6. The lowest BCUT2D eigenvalue weighted by Crippen LogP contribution is -2.22. The Labute approximate surface area is 176 Å². The molecule has 6 heteroatoms. The Hall–Kier alpha value is -3.12. The minimum Gasteiger partial charge on any atom is -0.450 e. The van der Waals surface area contributed by atoms with Gasteiger partial charge in [-0.3, -0.25) is 4.79 Å². The molecule has 0 unspecified atom stereocenters. The van der Waals surface area contributed by atoms with E-state index in [1.54, 1.807) is 6.07 Å². The Balaban J connectivity index is 1.73. The number of carbonyl (C=O) groups is 2. The van der Waals surface area contributed by atoms with Crippen molar-refractivity contribution in [1.82, 2.24) is 0 Å². The zero-order valence-electron chi connectivity index (χ0n) is 17.6. The van der Waals surface area contributed by atoms with Crippen LogP contribution in [0.2, 0.25) is 0 Å². The van der Waals surface area contributed by atoms with Crippen LogP contribution in [0.25, 0.3) is 11.0 Å². The molecule has 1 heterocycles. The molecule has 3 rings (SSSR count). The van der Waals surface area contributed by atoms with Gasteiger partial charge in [0.1, 0.15) is 5.58 Å². The number of carbonyl (C=O) groups excluding carboxylic acids is 2. The molecular formula is C24H27NO5. The number of amides is 1. The highest BCUT2D eigenvalue weighted by Gasteiger charge is 2.23. The van der Waals surface area contributed by atoms with Crippen LogP contribution in [0.1, 0.15) is 48.0 Å². The van der Waals surface area contributed by atoms with Gasteiger partial charge in [0.2, 0.25) is 5.76 Å². The molecule has 0 radical (unpaired) electrons. The molecule has 0 spiro atoms. The number of hydrogen-bond donors (Lipinski definition) is 1. The number of benzene rings is 2. The van der Waals surface area contributed by atoms with Crippen molar-refractivity contribution in [2.24, 2.45) is 0 Å². The van der Waals surface area contributed by atoms with Crippen molar-refractivity contribution in [3.05, 3.63) is 64.9 Å². The summed E-state index contributed by atoms with van der Waals surface area (Å²) in [5.74, 6) is -1.00. The smallest absolute Gasteiger partial charge is 0.375 e. The van der Waals surface area contributed by atoms with Crippen molar-refractivity contribution in [3.63, 3.8) is 0 Å². The fourth-order valence-corrected chi connectivity index (χ4v) is 3.39. The zero-order chi connectivity index (χ0) is 21.5. The summed E-state index contributed by atoms with van der Waals surface area (Å²) in [5.41, 5.74) is 4.09. The zero-order valence-corrected chi connectivity index (χ0v) is 17.6. The largest absolute Gasteiger partial charge is 0.450 e. The van der Waals surface area contributed by atoms with Crippen molar-refractivity contribution < 1.29 is 23.5 Å². The number of nitrogens with one attached hydrogen (secondary N) is 1. The Morgan fingerprint density at radius 2 is 1.67 bits per heavy atom. The quantitative estimate of drug-likeness (QED) is 0.509. The average molecular weight is 409 g/mol. The number of furan rings is 1. The molecular weight excluding hydrogens is 382 g/mol. The summed E-state index contributed by atoms with van der Waals surface area (Å²) in [6, 6.07) is 13.3. The van der Waals surface area contributed by atoms with Gasteiger partial charge in [-0.1, -0.05) is 50.2 Å². The highest BCUT2D eigenvalue weighted by Crippen LogP contribution is 2.27. The number of hydrogen-bond acceptors (Lipinski definition) is 5. The first-order valence-corrected chi connectivity index (χ1v) is 10.2. The lowest BCUT2D eigenvalue weighted by atomic mass is 10.0. The van der Waals surface area contributed by atoms with Gasteiger partial charge in [0.05, 0.1) is 6.61 Å². The molecule has 0 fully saturated rings. The molecule has 6 nitrogen and oxygen atoms in total. The van der Waals surface area contributed by atoms with Gasteiger partial charge in [-0.25, -0.2) is 4.79 Å². The summed E-state index contributed by atoms with van der Waals surface area (Å²) >= 11 is 0. The van der Waals surface area contributed by atoms with Gasteiger partial charge in [0.25, 0.3) is 5.91 Å². The summed E-state index contributed by atoms with van der Waals surface area (Å²) in [5, 5.41) is 3.69. The summed E-state index contributed by atoms with van der Waals surface area (Å²) in [7, 11) is 0. The van der Waals surface area contributed by atoms with Crippen molar-refractivity contribution in [2.45, 2.75) is 40.2 Å². The van der Waals surface area contributed by atoms with Crippen LogP contribution < -0.4 is 5.32 Å². The SMILES string of the molecule is CCOCc1c(C(=O)OCC(=O)Nc2c(CC)cccc2CC)oc2ccccc12.